The zero-order valence-electron chi connectivity index (χ0n) is 19.3. The average molecular weight is 435 g/mol. The maximum atomic E-state index is 13.1. The second kappa shape index (κ2) is 8.81. The summed E-state index contributed by atoms with van der Waals surface area (Å²) < 4.78 is 1.98. The Kier molecular flexibility index (Phi) is 5.89. The predicted octanol–water partition coefficient (Wildman–Crippen LogP) is 3.61. The second-order valence-corrected chi connectivity index (χ2v) is 10.3. The van der Waals surface area contributed by atoms with Gasteiger partial charge in [0.1, 0.15) is 0 Å². The van der Waals surface area contributed by atoms with Crippen LogP contribution in [-0.4, -0.2) is 58.0 Å². The molecule has 1 amide bonds. The van der Waals surface area contributed by atoms with Crippen LogP contribution in [-0.2, 0) is 6.54 Å². The highest BCUT2D eigenvalue weighted by Gasteiger charge is 2.35. The molecule has 0 aromatic carbocycles. The Hall–Kier alpha value is -2.47. The first-order chi connectivity index (χ1) is 15.5. The molecule has 0 aliphatic carbocycles. The number of pyridine rings is 2. The summed E-state index contributed by atoms with van der Waals surface area (Å²) in [6.07, 6.45) is 6.19. The summed E-state index contributed by atoms with van der Waals surface area (Å²) in [4.78, 5) is 35.1. The zero-order chi connectivity index (χ0) is 22.2. The molecule has 0 spiro atoms. The number of hydrogen-bond acceptors (Lipinski definition) is 4. The lowest BCUT2D eigenvalue weighted by atomic mass is 9.82. The quantitative estimate of drug-likeness (QED) is 0.738. The molecule has 0 unspecified atom stereocenters. The number of carbonyl (C=O) groups excluding carboxylic acids is 1. The van der Waals surface area contributed by atoms with Gasteiger partial charge in [-0.15, -0.1) is 0 Å². The summed E-state index contributed by atoms with van der Waals surface area (Å²) in [5, 5.41) is 0. The minimum Gasteiger partial charge on any atom is -0.339 e. The van der Waals surface area contributed by atoms with Gasteiger partial charge in [0.15, 0.2) is 0 Å². The van der Waals surface area contributed by atoms with Crippen molar-refractivity contribution in [2.45, 2.75) is 52.0 Å². The van der Waals surface area contributed by atoms with Crippen molar-refractivity contribution in [3.05, 3.63) is 52.1 Å². The second-order valence-electron chi connectivity index (χ2n) is 10.3. The molecule has 2 fully saturated rings. The standard InChI is InChI=1S/C26H34N4O2/c1-18(2)14-28-15-19-10-22(17-28)24-12-21(13-25(31)30(24)16-19)23-11-20(6-7-27-23)26(32)29-8-4-3-5-9-29/h6-7,11-13,18-19,22H,3-5,8-10,14-17H2,1-2H3/t19-,22+/m0/s1. The fourth-order valence-corrected chi connectivity index (χ4v) is 5.87. The first-order valence-corrected chi connectivity index (χ1v) is 12.2. The number of nitrogens with zero attached hydrogens (tertiary/aromatic N) is 4. The van der Waals surface area contributed by atoms with Crippen molar-refractivity contribution in [3.8, 4) is 11.3 Å². The summed E-state index contributed by atoms with van der Waals surface area (Å²) in [5.41, 5.74) is 3.39. The molecule has 0 radical (unpaired) electrons. The minimum atomic E-state index is 0.0547. The Morgan fingerprint density at radius 1 is 1.09 bits per heavy atom. The van der Waals surface area contributed by atoms with E-state index in [0.717, 1.165) is 69.8 Å². The van der Waals surface area contributed by atoms with Crippen LogP contribution in [0.25, 0.3) is 11.3 Å². The normalized spacial score (nSPS) is 23.3. The van der Waals surface area contributed by atoms with Gasteiger partial charge >= 0.3 is 0 Å². The third kappa shape index (κ3) is 4.25. The van der Waals surface area contributed by atoms with Gasteiger partial charge in [0.2, 0.25) is 0 Å². The van der Waals surface area contributed by atoms with Gasteiger partial charge < -0.3 is 14.4 Å². The van der Waals surface area contributed by atoms with E-state index in [-0.39, 0.29) is 11.5 Å². The van der Waals surface area contributed by atoms with Crippen molar-refractivity contribution in [2.75, 3.05) is 32.7 Å². The lowest BCUT2D eigenvalue weighted by Crippen LogP contribution is -2.48. The van der Waals surface area contributed by atoms with Crippen LogP contribution in [0, 0.1) is 11.8 Å². The van der Waals surface area contributed by atoms with Crippen LogP contribution in [0.2, 0.25) is 0 Å². The lowest BCUT2D eigenvalue weighted by Gasteiger charge is -2.43. The largest absolute Gasteiger partial charge is 0.339 e. The number of hydrogen-bond donors (Lipinski definition) is 0. The monoisotopic (exact) mass is 434 g/mol. The molecular formula is C26H34N4O2. The summed E-state index contributed by atoms with van der Waals surface area (Å²) in [7, 11) is 0. The molecule has 3 aliphatic rings. The van der Waals surface area contributed by atoms with E-state index in [0.29, 0.717) is 29.0 Å². The molecular weight excluding hydrogens is 400 g/mol. The van der Waals surface area contributed by atoms with Gasteiger partial charge in [-0.2, -0.15) is 0 Å². The van der Waals surface area contributed by atoms with Crippen molar-refractivity contribution in [1.82, 2.24) is 19.4 Å². The number of aromatic nitrogens is 2. The predicted molar refractivity (Wildman–Crippen MR) is 126 cm³/mol. The highest BCUT2D eigenvalue weighted by Crippen LogP contribution is 2.36. The maximum absolute atomic E-state index is 13.1. The highest BCUT2D eigenvalue weighted by molar-refractivity contribution is 5.95. The number of amides is 1. The summed E-state index contributed by atoms with van der Waals surface area (Å²) in [6, 6.07) is 7.51. The van der Waals surface area contributed by atoms with Gasteiger partial charge in [-0.3, -0.25) is 14.6 Å². The molecule has 3 aliphatic heterocycles. The molecule has 0 saturated carbocycles. The Bertz CT molecular complexity index is 1050. The molecule has 2 aromatic rings. The van der Waals surface area contributed by atoms with Gasteiger partial charge in [0.25, 0.3) is 11.5 Å². The number of rotatable bonds is 4. The minimum absolute atomic E-state index is 0.0547. The summed E-state index contributed by atoms with van der Waals surface area (Å²) >= 11 is 0. The Labute approximate surface area is 190 Å². The Morgan fingerprint density at radius 2 is 1.91 bits per heavy atom. The van der Waals surface area contributed by atoms with Crippen molar-refractivity contribution >= 4 is 5.91 Å². The molecule has 2 aromatic heterocycles. The Balaban J connectivity index is 1.44. The zero-order valence-corrected chi connectivity index (χ0v) is 19.3. The van der Waals surface area contributed by atoms with Gasteiger partial charge in [0, 0.05) is 74.3 Å². The van der Waals surface area contributed by atoms with E-state index in [1.807, 2.05) is 15.5 Å². The van der Waals surface area contributed by atoms with Crippen molar-refractivity contribution in [1.29, 1.82) is 0 Å². The fraction of sp³-hybridized carbons (Fsp3) is 0.577. The van der Waals surface area contributed by atoms with Crippen molar-refractivity contribution in [3.63, 3.8) is 0 Å². The molecule has 5 rings (SSSR count). The van der Waals surface area contributed by atoms with Gasteiger partial charge in [0.05, 0.1) is 5.69 Å². The van der Waals surface area contributed by atoms with E-state index in [9.17, 15) is 9.59 Å². The van der Waals surface area contributed by atoms with E-state index < -0.39 is 0 Å². The van der Waals surface area contributed by atoms with Crippen LogP contribution in [0.3, 0.4) is 0 Å². The molecule has 170 valence electrons. The van der Waals surface area contributed by atoms with Crippen LogP contribution in [0.1, 0.15) is 61.5 Å². The van der Waals surface area contributed by atoms with Gasteiger partial charge in [-0.05, 0) is 55.7 Å². The Morgan fingerprint density at radius 3 is 2.69 bits per heavy atom. The van der Waals surface area contributed by atoms with Crippen LogP contribution >= 0.6 is 0 Å². The van der Waals surface area contributed by atoms with E-state index in [1.165, 1.54) is 6.42 Å². The third-order valence-electron chi connectivity index (χ3n) is 7.20. The first-order valence-electron chi connectivity index (χ1n) is 12.2. The van der Waals surface area contributed by atoms with Crippen molar-refractivity contribution < 1.29 is 4.79 Å². The van der Waals surface area contributed by atoms with Gasteiger partial charge in [-0.25, -0.2) is 0 Å². The molecule has 2 atom stereocenters. The topological polar surface area (TPSA) is 58.4 Å². The number of carbonyl (C=O) groups is 1. The highest BCUT2D eigenvalue weighted by atomic mass is 16.2. The summed E-state index contributed by atoms with van der Waals surface area (Å²) in [5.74, 6) is 1.65. The van der Waals surface area contributed by atoms with E-state index in [4.69, 9.17) is 0 Å². The number of fused-ring (bicyclic) bond motifs is 4. The first kappa shape index (κ1) is 21.4. The molecule has 0 N–H and O–H groups in total. The van der Waals surface area contributed by atoms with Crippen molar-refractivity contribution in [2.24, 2.45) is 11.8 Å². The fourth-order valence-electron chi connectivity index (χ4n) is 5.87. The van der Waals surface area contributed by atoms with Crippen LogP contribution < -0.4 is 5.56 Å². The van der Waals surface area contributed by atoms with Crippen LogP contribution in [0.5, 0.6) is 0 Å². The molecule has 2 bridgehead atoms. The van der Waals surface area contributed by atoms with Crippen LogP contribution in [0.15, 0.2) is 35.3 Å². The van der Waals surface area contributed by atoms with Crippen LogP contribution in [0.4, 0.5) is 0 Å². The van der Waals surface area contributed by atoms with E-state index in [2.05, 4.69) is 29.8 Å². The lowest BCUT2D eigenvalue weighted by molar-refractivity contribution is 0.0724. The maximum Gasteiger partial charge on any atom is 0.253 e. The molecule has 5 heterocycles. The third-order valence-corrected chi connectivity index (χ3v) is 7.20. The molecule has 6 nitrogen and oxygen atoms in total. The molecule has 2 saturated heterocycles. The van der Waals surface area contributed by atoms with E-state index in [1.54, 1.807) is 18.3 Å². The van der Waals surface area contributed by atoms with E-state index >= 15 is 0 Å². The average Bonchev–Trinajstić information content (AvgIpc) is 2.79. The SMILES string of the molecule is CC(C)CN1C[C@@H]2C[C@H](C1)c1cc(-c3cc(C(=O)N4CCCCC4)ccn3)cc(=O)n1C2. The number of piperidine rings is 2. The smallest absolute Gasteiger partial charge is 0.253 e. The molecule has 6 heteroatoms. The molecule has 32 heavy (non-hydrogen) atoms. The number of likely N-dealkylation sites (tertiary alicyclic amines) is 2. The summed E-state index contributed by atoms with van der Waals surface area (Å²) in [6.45, 7) is 10.2. The van der Waals surface area contributed by atoms with Gasteiger partial charge in [-0.1, -0.05) is 13.8 Å².